The van der Waals surface area contributed by atoms with Gasteiger partial charge in [0.2, 0.25) is 0 Å². The van der Waals surface area contributed by atoms with E-state index in [0.29, 0.717) is 17.5 Å². The van der Waals surface area contributed by atoms with Gasteiger partial charge in [-0.05, 0) is 92.3 Å². The van der Waals surface area contributed by atoms with Crippen LogP contribution >= 0.6 is 0 Å². The van der Waals surface area contributed by atoms with E-state index in [2.05, 4.69) is 103 Å². The number of para-hydroxylation sites is 1. The Labute approximate surface area is 178 Å². The van der Waals surface area contributed by atoms with Gasteiger partial charge in [0.1, 0.15) is 0 Å². The summed E-state index contributed by atoms with van der Waals surface area (Å²) < 4.78 is 0. The molecule has 0 saturated carbocycles. The number of nitrogens with zero attached hydrogens (tertiary/aromatic N) is 2. The highest BCUT2D eigenvalue weighted by Gasteiger charge is 2.37. The van der Waals surface area contributed by atoms with Crippen LogP contribution in [0.4, 0.5) is 5.69 Å². The molecule has 0 aromatic heterocycles. The molecule has 0 radical (unpaired) electrons. The molecule has 164 valence electrons. The first kappa shape index (κ1) is 23.3. The second kappa shape index (κ2) is 8.78. The Morgan fingerprint density at radius 1 is 0.821 bits per heavy atom. The minimum atomic E-state index is 0. The van der Waals surface area contributed by atoms with Gasteiger partial charge in [-0.15, -0.1) is 0 Å². The number of anilines is 1. The molecule has 4 unspecified atom stereocenters. The first-order valence-electron chi connectivity index (χ1n) is 11.5. The number of hydrogen-bond acceptors (Lipinski definition) is 2. The Morgan fingerprint density at radius 2 is 1.43 bits per heavy atom. The lowest BCUT2D eigenvalue weighted by Gasteiger charge is -2.41. The van der Waals surface area contributed by atoms with Gasteiger partial charge < -0.3 is 4.90 Å². The third kappa shape index (κ3) is 5.12. The van der Waals surface area contributed by atoms with E-state index in [9.17, 15) is 0 Å². The molecule has 0 spiro atoms. The quantitative estimate of drug-likeness (QED) is 0.449. The molecule has 28 heavy (non-hydrogen) atoms. The zero-order valence-electron chi connectivity index (χ0n) is 20.3. The smallest absolute Gasteiger partial charge is 0.0409 e. The molecule has 3 rings (SSSR count). The highest BCUT2D eigenvalue weighted by molar-refractivity contribution is 5.63. The molecule has 2 nitrogen and oxygen atoms in total. The van der Waals surface area contributed by atoms with Crippen LogP contribution in [0.25, 0.3) is 0 Å². The molecule has 0 aliphatic carbocycles. The molecule has 4 atom stereocenters. The molecule has 2 aliphatic heterocycles. The second-order valence-electron chi connectivity index (χ2n) is 11.2. The Balaban J connectivity index is 0.000000531. The Morgan fingerprint density at radius 3 is 2.00 bits per heavy atom. The van der Waals surface area contributed by atoms with E-state index in [1.807, 2.05) is 0 Å². The third-order valence-corrected chi connectivity index (χ3v) is 7.03. The van der Waals surface area contributed by atoms with Crippen LogP contribution in [-0.2, 0) is 0 Å². The third-order valence-electron chi connectivity index (χ3n) is 7.03. The molecule has 1 aromatic carbocycles. The zero-order chi connectivity index (χ0) is 21.3. The maximum atomic E-state index is 2.67. The molecule has 1 fully saturated rings. The summed E-state index contributed by atoms with van der Waals surface area (Å²) in [6.45, 7) is 24.6. The van der Waals surface area contributed by atoms with E-state index in [-0.39, 0.29) is 8.39 Å². The van der Waals surface area contributed by atoms with E-state index >= 15 is 0 Å². The topological polar surface area (TPSA) is 6.48 Å². The SMILES string of the molecule is CC1CCCCN(C(C)(C)C)C1C.CC1c2ccccc2N(C(C)(C)C)C1C.[2HH].[2HH]. The van der Waals surface area contributed by atoms with Gasteiger partial charge in [-0.3, -0.25) is 4.90 Å². The largest absolute Gasteiger partial charge is 0.363 e. The van der Waals surface area contributed by atoms with Crippen molar-refractivity contribution in [3.63, 3.8) is 0 Å². The molecule has 2 heteroatoms. The Bertz CT molecular complexity index is 633. The standard InChI is InChI=1S/C14H21N.C12H25N.2H2/c1-10-11(2)15(14(3,4)5)13-9-7-6-8-12(10)13;1-10-8-6-7-9-13(11(10)2)12(3,4)5;;/h6-11H,1-5H3;10-11H,6-9H2,1-5H3;2*1H/i;;2*1+1. The normalized spacial score (nSPS) is 29.0. The van der Waals surface area contributed by atoms with Gasteiger partial charge in [-0.1, -0.05) is 38.5 Å². The summed E-state index contributed by atoms with van der Waals surface area (Å²) in [5, 5.41) is 0. The van der Waals surface area contributed by atoms with E-state index in [1.54, 1.807) is 0 Å². The lowest BCUT2D eigenvalue weighted by molar-refractivity contribution is 0.0729. The van der Waals surface area contributed by atoms with Crippen LogP contribution < -0.4 is 4.90 Å². The molecule has 0 bridgehead atoms. The molecule has 0 N–H and O–H groups in total. The van der Waals surface area contributed by atoms with Crippen LogP contribution in [0.3, 0.4) is 0 Å². The zero-order valence-corrected chi connectivity index (χ0v) is 20.3. The van der Waals surface area contributed by atoms with Crippen molar-refractivity contribution in [2.75, 3.05) is 11.4 Å². The van der Waals surface area contributed by atoms with Crippen LogP contribution in [-0.4, -0.2) is 34.6 Å². The van der Waals surface area contributed by atoms with Gasteiger partial charge in [0, 0.05) is 37.6 Å². The molecule has 1 aromatic rings. The second-order valence-corrected chi connectivity index (χ2v) is 11.2. The van der Waals surface area contributed by atoms with Crippen LogP contribution in [0.5, 0.6) is 0 Å². The summed E-state index contributed by atoms with van der Waals surface area (Å²) in [5.41, 5.74) is 3.48. The summed E-state index contributed by atoms with van der Waals surface area (Å²) in [6.07, 6.45) is 4.21. The molecule has 2 heterocycles. The van der Waals surface area contributed by atoms with Crippen LogP contribution in [0, 0.1) is 5.92 Å². The molecule has 2 aliphatic rings. The van der Waals surface area contributed by atoms with Gasteiger partial charge in [0.25, 0.3) is 0 Å². The van der Waals surface area contributed by atoms with Crippen molar-refractivity contribution in [2.45, 2.75) is 118 Å². The van der Waals surface area contributed by atoms with Crippen molar-refractivity contribution in [1.82, 2.24) is 4.90 Å². The molecule has 1 saturated heterocycles. The van der Waals surface area contributed by atoms with Gasteiger partial charge >= 0.3 is 0 Å². The van der Waals surface area contributed by atoms with Crippen molar-refractivity contribution in [1.29, 1.82) is 0 Å². The Hall–Kier alpha value is -1.02. The molecule has 0 amide bonds. The van der Waals surface area contributed by atoms with Crippen molar-refractivity contribution in [2.24, 2.45) is 5.92 Å². The summed E-state index contributed by atoms with van der Waals surface area (Å²) in [4.78, 5) is 5.22. The number of likely N-dealkylation sites (tertiary alicyclic amines) is 1. The van der Waals surface area contributed by atoms with E-state index in [1.165, 1.54) is 37.1 Å². The summed E-state index contributed by atoms with van der Waals surface area (Å²) in [5.74, 6) is 1.50. The summed E-state index contributed by atoms with van der Waals surface area (Å²) >= 11 is 0. The molecular formula is C26H50N2. The number of rotatable bonds is 0. The van der Waals surface area contributed by atoms with Crippen molar-refractivity contribution >= 4 is 5.69 Å². The maximum Gasteiger partial charge on any atom is 0.0409 e. The number of benzene rings is 1. The van der Waals surface area contributed by atoms with Crippen LogP contribution in [0.1, 0.15) is 103 Å². The van der Waals surface area contributed by atoms with Gasteiger partial charge in [-0.2, -0.15) is 0 Å². The summed E-state index contributed by atoms with van der Waals surface area (Å²) in [7, 11) is 0. The lowest BCUT2D eigenvalue weighted by atomic mass is 9.95. The molecular weight excluding hydrogens is 340 g/mol. The fraction of sp³-hybridized carbons (Fsp3) is 0.769. The fourth-order valence-corrected chi connectivity index (χ4v) is 5.21. The van der Waals surface area contributed by atoms with E-state index < -0.39 is 0 Å². The van der Waals surface area contributed by atoms with Crippen molar-refractivity contribution in [3.8, 4) is 0 Å². The first-order chi connectivity index (χ1) is 12.9. The predicted molar refractivity (Wildman–Crippen MR) is 130 cm³/mol. The van der Waals surface area contributed by atoms with Gasteiger partial charge in [-0.25, -0.2) is 0 Å². The monoisotopic (exact) mass is 392 g/mol. The average molecular weight is 393 g/mol. The van der Waals surface area contributed by atoms with Crippen LogP contribution in [0.15, 0.2) is 24.3 Å². The fourth-order valence-electron chi connectivity index (χ4n) is 5.21. The Kier molecular flexibility index (Phi) is 7.29. The van der Waals surface area contributed by atoms with Crippen molar-refractivity contribution in [3.05, 3.63) is 29.8 Å². The van der Waals surface area contributed by atoms with Crippen molar-refractivity contribution < 1.29 is 2.85 Å². The highest BCUT2D eigenvalue weighted by Crippen LogP contribution is 2.43. The van der Waals surface area contributed by atoms with Gasteiger partial charge in [0.05, 0.1) is 0 Å². The number of fused-ring (bicyclic) bond motifs is 1. The minimum absolute atomic E-state index is 0. The predicted octanol–water partition coefficient (Wildman–Crippen LogP) is 7.58. The highest BCUT2D eigenvalue weighted by atomic mass is 15.2. The first-order valence-corrected chi connectivity index (χ1v) is 11.5. The average Bonchev–Trinajstić information content (AvgIpc) is 2.71. The van der Waals surface area contributed by atoms with Crippen LogP contribution in [0.2, 0.25) is 0 Å². The maximum absolute atomic E-state index is 2.67. The van der Waals surface area contributed by atoms with E-state index in [0.717, 1.165) is 12.0 Å². The minimum Gasteiger partial charge on any atom is -0.363 e. The van der Waals surface area contributed by atoms with Gasteiger partial charge in [0.15, 0.2) is 0 Å². The number of hydrogen-bond donors (Lipinski definition) is 0. The van der Waals surface area contributed by atoms with E-state index in [4.69, 9.17) is 0 Å². The summed E-state index contributed by atoms with van der Waals surface area (Å²) in [6, 6.07) is 10.2. The lowest BCUT2D eigenvalue weighted by Crippen LogP contribution is -2.48.